The maximum Gasteiger partial charge on any atom is 0.306 e. The first kappa shape index (κ1) is 71.4. The van der Waals surface area contributed by atoms with Crippen LogP contribution in [-0.2, 0) is 19.1 Å². The summed E-state index contributed by atoms with van der Waals surface area (Å²) in [5, 5.41) is 9.69. The predicted octanol–water partition coefficient (Wildman–Crippen LogP) is 22.8. The number of ether oxygens (including phenoxy) is 2. The quantitative estimate of drug-likeness (QED) is 0.0373. The second kappa shape index (κ2) is 64.7. The summed E-state index contributed by atoms with van der Waals surface area (Å²) in [6.45, 7) is 4.20. The number of aliphatic hydroxyl groups excluding tert-OH is 1. The SMILES string of the molecule is CCCCCCC/C=C\C/C=C\CCCCCCCCCCCCCCCCCCCCCCCCCC(=O)OC(CO)COC(=O)CCCCCCCCCCCCCCCCCCCCCCCCCC. The van der Waals surface area contributed by atoms with E-state index < -0.39 is 6.10 Å². The molecule has 73 heavy (non-hydrogen) atoms. The Bertz CT molecular complexity index is 1120. The summed E-state index contributed by atoms with van der Waals surface area (Å²) < 4.78 is 10.8. The summed E-state index contributed by atoms with van der Waals surface area (Å²) in [5.74, 6) is -0.563. The van der Waals surface area contributed by atoms with Gasteiger partial charge in [-0.25, -0.2) is 0 Å². The molecule has 0 bridgehead atoms. The molecule has 0 aromatic heterocycles. The summed E-state index contributed by atoms with van der Waals surface area (Å²) in [5.41, 5.74) is 0. The number of hydrogen-bond acceptors (Lipinski definition) is 5. The van der Waals surface area contributed by atoms with Gasteiger partial charge in [-0.15, -0.1) is 0 Å². The highest BCUT2D eigenvalue weighted by molar-refractivity contribution is 5.70. The van der Waals surface area contributed by atoms with Crippen molar-refractivity contribution in [3.8, 4) is 0 Å². The first-order valence-corrected chi connectivity index (χ1v) is 33.4. The van der Waals surface area contributed by atoms with E-state index >= 15 is 0 Å². The van der Waals surface area contributed by atoms with Crippen molar-refractivity contribution in [1.29, 1.82) is 0 Å². The molecule has 5 heteroatoms. The van der Waals surface area contributed by atoms with Gasteiger partial charge < -0.3 is 14.6 Å². The number of unbranched alkanes of at least 4 members (excludes halogenated alkanes) is 51. The number of carbonyl (C=O) groups is 2. The van der Waals surface area contributed by atoms with Crippen LogP contribution >= 0.6 is 0 Å². The van der Waals surface area contributed by atoms with E-state index in [-0.39, 0.29) is 25.2 Å². The highest BCUT2D eigenvalue weighted by atomic mass is 16.6. The number of allylic oxidation sites excluding steroid dienone is 4. The lowest BCUT2D eigenvalue weighted by atomic mass is 10.0. The first-order chi connectivity index (χ1) is 36.1. The van der Waals surface area contributed by atoms with E-state index in [0.717, 1.165) is 38.5 Å². The van der Waals surface area contributed by atoms with Crippen LogP contribution in [0.25, 0.3) is 0 Å². The summed E-state index contributed by atoms with van der Waals surface area (Å²) in [6.07, 6.45) is 83.5. The van der Waals surface area contributed by atoms with E-state index in [2.05, 4.69) is 38.2 Å². The molecule has 0 heterocycles. The van der Waals surface area contributed by atoms with Gasteiger partial charge >= 0.3 is 11.9 Å². The van der Waals surface area contributed by atoms with Crippen molar-refractivity contribution in [3.63, 3.8) is 0 Å². The minimum atomic E-state index is -0.767. The minimum absolute atomic E-state index is 0.0574. The van der Waals surface area contributed by atoms with E-state index in [1.807, 2.05) is 0 Å². The van der Waals surface area contributed by atoms with Crippen molar-refractivity contribution in [2.45, 2.75) is 386 Å². The Morgan fingerprint density at radius 3 is 0.808 bits per heavy atom. The number of hydrogen-bond donors (Lipinski definition) is 1. The highest BCUT2D eigenvalue weighted by Gasteiger charge is 2.16. The average Bonchev–Trinajstić information content (AvgIpc) is 3.39. The standard InChI is InChI=1S/C68H130O5/c1-3-5-7-9-11-13-15-17-19-21-23-25-27-29-30-31-32-33-34-35-36-37-38-39-41-43-45-47-49-51-53-55-57-59-61-63-68(71)73-66(64-69)65-72-67(70)62-60-58-56-54-52-50-48-46-44-42-40-28-26-24-22-20-18-16-14-12-10-8-6-4-2/h15,17,21,23,66,69H,3-14,16,18-20,22,24-65H2,1-2H3/b17-15-,23-21-. The molecule has 0 aliphatic heterocycles. The van der Waals surface area contributed by atoms with Crippen molar-refractivity contribution in [1.82, 2.24) is 0 Å². The third-order valence-corrected chi connectivity index (χ3v) is 15.5. The molecule has 0 aromatic rings. The molecule has 0 amide bonds. The Balaban J connectivity index is 3.38. The van der Waals surface area contributed by atoms with Crippen LogP contribution in [0.3, 0.4) is 0 Å². The molecule has 1 atom stereocenters. The molecule has 1 N–H and O–H groups in total. The number of aliphatic hydroxyl groups is 1. The zero-order valence-corrected chi connectivity index (χ0v) is 49.7. The second-order valence-corrected chi connectivity index (χ2v) is 22.9. The van der Waals surface area contributed by atoms with Gasteiger partial charge in [0.25, 0.3) is 0 Å². The third kappa shape index (κ3) is 62.8. The second-order valence-electron chi connectivity index (χ2n) is 22.9. The Labute approximate surface area is 457 Å². The predicted molar refractivity (Wildman–Crippen MR) is 321 cm³/mol. The van der Waals surface area contributed by atoms with Crippen molar-refractivity contribution in [2.24, 2.45) is 0 Å². The highest BCUT2D eigenvalue weighted by Crippen LogP contribution is 2.19. The molecule has 432 valence electrons. The smallest absolute Gasteiger partial charge is 0.306 e. The van der Waals surface area contributed by atoms with Gasteiger partial charge in [0.2, 0.25) is 0 Å². The van der Waals surface area contributed by atoms with Gasteiger partial charge in [-0.2, -0.15) is 0 Å². The topological polar surface area (TPSA) is 72.8 Å². The third-order valence-electron chi connectivity index (χ3n) is 15.5. The fourth-order valence-electron chi connectivity index (χ4n) is 10.5. The van der Waals surface area contributed by atoms with Gasteiger partial charge in [-0.05, 0) is 44.9 Å². The molecule has 0 saturated heterocycles. The molecular weight excluding hydrogens is 897 g/mol. The lowest BCUT2D eigenvalue weighted by Gasteiger charge is -2.15. The molecule has 0 spiro atoms. The van der Waals surface area contributed by atoms with Gasteiger partial charge in [0.05, 0.1) is 6.61 Å². The fourth-order valence-corrected chi connectivity index (χ4v) is 10.5. The van der Waals surface area contributed by atoms with Crippen LogP contribution in [0.1, 0.15) is 380 Å². The number of esters is 2. The Hall–Kier alpha value is -1.62. The molecule has 0 aliphatic carbocycles. The molecule has 0 aliphatic rings. The minimum Gasteiger partial charge on any atom is -0.462 e. The van der Waals surface area contributed by atoms with Gasteiger partial charge in [0.15, 0.2) is 6.10 Å². The zero-order chi connectivity index (χ0) is 52.7. The summed E-state index contributed by atoms with van der Waals surface area (Å²) in [6, 6.07) is 0. The molecule has 0 saturated carbocycles. The van der Waals surface area contributed by atoms with Crippen LogP contribution in [0.15, 0.2) is 24.3 Å². The van der Waals surface area contributed by atoms with Gasteiger partial charge in [0, 0.05) is 12.8 Å². The van der Waals surface area contributed by atoms with Crippen molar-refractivity contribution >= 4 is 11.9 Å². The van der Waals surface area contributed by atoms with E-state index in [9.17, 15) is 14.7 Å². The summed E-state index contributed by atoms with van der Waals surface area (Å²) >= 11 is 0. The normalized spacial score (nSPS) is 12.2. The van der Waals surface area contributed by atoms with Crippen LogP contribution in [-0.4, -0.2) is 36.4 Å². The molecule has 0 aromatic carbocycles. The van der Waals surface area contributed by atoms with E-state index in [4.69, 9.17) is 9.47 Å². The molecule has 0 rings (SSSR count). The number of carbonyl (C=O) groups excluding carboxylic acids is 2. The van der Waals surface area contributed by atoms with Crippen molar-refractivity contribution < 1.29 is 24.2 Å². The van der Waals surface area contributed by atoms with Crippen molar-refractivity contribution in [3.05, 3.63) is 24.3 Å². The van der Waals surface area contributed by atoms with Gasteiger partial charge in [-0.1, -0.05) is 346 Å². The molecule has 1 unspecified atom stereocenters. The lowest BCUT2D eigenvalue weighted by Crippen LogP contribution is -2.28. The fraction of sp³-hybridized carbons (Fsp3) is 0.912. The van der Waals surface area contributed by atoms with Crippen LogP contribution in [0.2, 0.25) is 0 Å². The maximum atomic E-state index is 12.3. The monoisotopic (exact) mass is 1030 g/mol. The molecule has 0 radical (unpaired) electrons. The Kier molecular flexibility index (Phi) is 63.2. The van der Waals surface area contributed by atoms with Crippen LogP contribution in [0, 0.1) is 0 Å². The van der Waals surface area contributed by atoms with Crippen LogP contribution in [0.4, 0.5) is 0 Å². The van der Waals surface area contributed by atoms with Gasteiger partial charge in [0.1, 0.15) is 6.61 Å². The number of rotatable bonds is 63. The average molecular weight is 1030 g/mol. The van der Waals surface area contributed by atoms with Crippen LogP contribution in [0.5, 0.6) is 0 Å². The first-order valence-electron chi connectivity index (χ1n) is 33.4. The van der Waals surface area contributed by atoms with Gasteiger partial charge in [-0.3, -0.25) is 9.59 Å². The Morgan fingerprint density at radius 2 is 0.548 bits per heavy atom. The maximum absolute atomic E-state index is 12.3. The lowest BCUT2D eigenvalue weighted by molar-refractivity contribution is -0.161. The zero-order valence-electron chi connectivity index (χ0n) is 49.7. The molecule has 5 nitrogen and oxygen atoms in total. The molecular formula is C68H130O5. The van der Waals surface area contributed by atoms with Crippen LogP contribution < -0.4 is 0 Å². The van der Waals surface area contributed by atoms with E-state index in [1.165, 1.54) is 315 Å². The van der Waals surface area contributed by atoms with E-state index in [0.29, 0.717) is 12.8 Å². The van der Waals surface area contributed by atoms with Crippen molar-refractivity contribution in [2.75, 3.05) is 13.2 Å². The summed E-state index contributed by atoms with van der Waals surface area (Å²) in [7, 11) is 0. The Morgan fingerprint density at radius 1 is 0.315 bits per heavy atom. The van der Waals surface area contributed by atoms with E-state index in [1.54, 1.807) is 0 Å². The molecule has 0 fully saturated rings. The summed E-state index contributed by atoms with van der Waals surface area (Å²) in [4.78, 5) is 24.6. The largest absolute Gasteiger partial charge is 0.462 e.